The monoisotopic (exact) mass is 219 g/mol. The molecule has 0 spiro atoms. The van der Waals surface area contributed by atoms with Crippen LogP contribution >= 0.6 is 15.6 Å². The maximum atomic E-state index is 9.63. The second-order valence-corrected chi connectivity index (χ2v) is 3.68. The molecule has 0 aliphatic heterocycles. The molecular formula is H6KO7P2+. The molecule has 0 heterocycles. The largest absolute Gasteiger partial charge is 1.00 e. The molecule has 58 valence electrons. The van der Waals surface area contributed by atoms with Crippen LogP contribution in [0.5, 0.6) is 0 Å². The Morgan fingerprint density at radius 1 is 1.10 bits per heavy atom. The third-order valence-corrected chi connectivity index (χ3v) is 1.91. The summed E-state index contributed by atoms with van der Waals surface area (Å²) in [6.07, 6.45) is 0. The third kappa shape index (κ3) is 12.6. The van der Waals surface area contributed by atoms with Crippen LogP contribution in [0.1, 0.15) is 2.85 Å². The summed E-state index contributed by atoms with van der Waals surface area (Å²) in [4.78, 5) is 31.0. The topological polar surface area (TPSA) is 124 Å². The average Bonchev–Trinajstić information content (AvgIpc) is 1.14. The minimum Gasteiger partial charge on any atom is -1.00 e. The smallest absolute Gasteiger partial charge is 1.00 e. The van der Waals surface area contributed by atoms with E-state index < -0.39 is 15.6 Å². The van der Waals surface area contributed by atoms with Gasteiger partial charge in [-0.25, -0.2) is 9.13 Å². The molecule has 0 aliphatic rings. The Kier molecular flexibility index (Phi) is 6.94. The summed E-state index contributed by atoms with van der Waals surface area (Å²) in [5.74, 6) is 0. The second-order valence-electron chi connectivity index (χ2n) is 1.06. The zero-order valence-electron chi connectivity index (χ0n) is 6.91. The van der Waals surface area contributed by atoms with E-state index >= 15 is 0 Å². The molecule has 4 N–H and O–H groups in total. The van der Waals surface area contributed by atoms with Gasteiger partial charge in [-0.05, 0) is 0 Å². The summed E-state index contributed by atoms with van der Waals surface area (Å²) in [5.41, 5.74) is 0. The first kappa shape index (κ1) is 14.4. The summed E-state index contributed by atoms with van der Waals surface area (Å²) in [7, 11) is -10.1. The van der Waals surface area contributed by atoms with Crippen molar-refractivity contribution in [2.24, 2.45) is 0 Å². The van der Waals surface area contributed by atoms with E-state index in [0.717, 1.165) is 0 Å². The van der Waals surface area contributed by atoms with Crippen molar-refractivity contribution < 1.29 is 87.3 Å². The summed E-state index contributed by atoms with van der Waals surface area (Å²) < 4.78 is 22.2. The van der Waals surface area contributed by atoms with Gasteiger partial charge in [-0.2, -0.15) is 4.31 Å². The Labute approximate surface area is 102 Å². The van der Waals surface area contributed by atoms with Gasteiger partial charge in [0.25, 0.3) is 0 Å². The van der Waals surface area contributed by atoms with Gasteiger partial charge in [-0.15, -0.1) is 0 Å². The molecule has 0 aromatic heterocycles. The fraction of sp³-hybridized carbons (Fsp3) is 0. The molecule has 10 heavy (non-hydrogen) atoms. The van der Waals surface area contributed by atoms with E-state index in [1.165, 1.54) is 0 Å². The molecule has 0 saturated carbocycles. The Bertz CT molecular complexity index is 160. The standard InChI is InChI=1S/K.H4O7P2.H/c;1-8(2,3)7-9(4,5)6;/h;(H2,1,2,3)(H2,4,5,6);/q+1;;-1/p+1. The molecule has 0 unspecified atom stereocenters. The molecule has 0 fully saturated rings. The fourth-order valence-electron chi connectivity index (χ4n) is 0.139. The van der Waals surface area contributed by atoms with Crippen LogP contribution in [0, 0.1) is 0 Å². The van der Waals surface area contributed by atoms with Gasteiger partial charge in [-0.3, -0.25) is 0 Å². The van der Waals surface area contributed by atoms with E-state index in [1.54, 1.807) is 0 Å². The normalized spacial score (nSPS) is 12.4. The zero-order valence-corrected chi connectivity index (χ0v) is 9.82. The molecule has 0 amide bonds. The van der Waals surface area contributed by atoms with Gasteiger partial charge in [0.15, 0.2) is 0 Å². The molecular weight excluding hydrogens is 213 g/mol. The molecule has 0 aromatic rings. The Morgan fingerprint density at radius 3 is 1.30 bits per heavy atom. The molecule has 7 nitrogen and oxygen atoms in total. The number of hydrogen-bond acceptors (Lipinski definition) is 3. The Hall–Kier alpha value is 1.90. The summed E-state index contributed by atoms with van der Waals surface area (Å²) in [6.45, 7) is 0. The first-order chi connectivity index (χ1) is 3.71. The van der Waals surface area contributed by atoms with Gasteiger partial charge in [0, 0.05) is 0 Å². The number of hydrogen-bond donors (Lipinski definition) is 4. The zero-order chi connectivity index (χ0) is 7.71. The molecule has 0 aromatic carbocycles. The van der Waals surface area contributed by atoms with Crippen LogP contribution in [0.2, 0.25) is 0 Å². The van der Waals surface area contributed by atoms with E-state index in [2.05, 4.69) is 4.31 Å². The Balaban J connectivity index is -0.000000107. The van der Waals surface area contributed by atoms with Gasteiger partial charge in [0.05, 0.1) is 0 Å². The quantitative estimate of drug-likeness (QED) is 0.279. The molecule has 0 aliphatic carbocycles. The van der Waals surface area contributed by atoms with Crippen molar-refractivity contribution in [2.75, 3.05) is 0 Å². The van der Waals surface area contributed by atoms with Gasteiger partial charge in [0.2, 0.25) is 0 Å². The molecule has 10 heteroatoms. The van der Waals surface area contributed by atoms with E-state index in [4.69, 9.17) is 19.6 Å². The maximum absolute atomic E-state index is 9.63. The van der Waals surface area contributed by atoms with Crippen molar-refractivity contribution in [3.63, 3.8) is 0 Å². The van der Waals surface area contributed by atoms with Crippen molar-refractivity contribution in [3.8, 4) is 0 Å². The molecule has 0 saturated heterocycles. The van der Waals surface area contributed by atoms with Crippen LogP contribution in [-0.2, 0) is 13.4 Å². The van der Waals surface area contributed by atoms with Gasteiger partial charge < -0.3 is 21.0 Å². The van der Waals surface area contributed by atoms with Crippen LogP contribution in [0.3, 0.4) is 0 Å². The van der Waals surface area contributed by atoms with Crippen molar-refractivity contribution >= 4 is 15.6 Å². The minimum atomic E-state index is -5.05. The van der Waals surface area contributed by atoms with E-state index in [1.807, 2.05) is 0 Å². The SMILES string of the molecule is O=P(O)(O)OP(=O)(O)O.[H+].[H-].[K+]. The summed E-state index contributed by atoms with van der Waals surface area (Å²) in [5, 5.41) is 0. The minimum absolute atomic E-state index is 0. The van der Waals surface area contributed by atoms with Crippen molar-refractivity contribution in [1.82, 2.24) is 0 Å². The predicted octanol–water partition coefficient (Wildman–Crippen LogP) is -3.58. The second kappa shape index (κ2) is 4.81. The van der Waals surface area contributed by atoms with E-state index in [-0.39, 0.29) is 54.2 Å². The molecule has 0 bridgehead atoms. The molecule has 0 rings (SSSR count). The van der Waals surface area contributed by atoms with Crippen molar-refractivity contribution in [3.05, 3.63) is 0 Å². The van der Waals surface area contributed by atoms with Crippen LogP contribution < -0.4 is 51.4 Å². The number of rotatable bonds is 2. The predicted molar refractivity (Wildman–Crippen MR) is 27.4 cm³/mol. The van der Waals surface area contributed by atoms with E-state index in [0.29, 0.717) is 0 Å². The third-order valence-electron chi connectivity index (χ3n) is 0.213. The van der Waals surface area contributed by atoms with Crippen molar-refractivity contribution in [1.29, 1.82) is 0 Å². The van der Waals surface area contributed by atoms with Gasteiger partial charge >= 0.3 is 68.5 Å². The van der Waals surface area contributed by atoms with Crippen LogP contribution in [0.25, 0.3) is 0 Å². The first-order valence-electron chi connectivity index (χ1n) is 1.53. The first-order valence-corrected chi connectivity index (χ1v) is 4.59. The summed E-state index contributed by atoms with van der Waals surface area (Å²) >= 11 is 0. The van der Waals surface area contributed by atoms with Crippen LogP contribution in [0.4, 0.5) is 0 Å². The molecule has 0 radical (unpaired) electrons. The maximum Gasteiger partial charge on any atom is 1.00 e. The van der Waals surface area contributed by atoms with Crippen LogP contribution in [-0.4, -0.2) is 19.6 Å². The molecule has 0 atom stereocenters. The van der Waals surface area contributed by atoms with Gasteiger partial charge in [0.1, 0.15) is 0 Å². The van der Waals surface area contributed by atoms with E-state index in [9.17, 15) is 9.13 Å². The fourth-order valence-corrected chi connectivity index (χ4v) is 1.25. The van der Waals surface area contributed by atoms with Gasteiger partial charge in [-0.1, -0.05) is 0 Å². The summed E-state index contributed by atoms with van der Waals surface area (Å²) in [6, 6.07) is 0. The average molecular weight is 219 g/mol. The van der Waals surface area contributed by atoms with Crippen molar-refractivity contribution in [2.45, 2.75) is 0 Å². The Morgan fingerprint density at radius 2 is 1.30 bits per heavy atom. The number of phosphoric acid groups is 2. The van der Waals surface area contributed by atoms with Crippen LogP contribution in [0.15, 0.2) is 0 Å².